The monoisotopic (exact) mass is 321 g/mol. The molecule has 0 saturated carbocycles. The van der Waals surface area contributed by atoms with Crippen LogP contribution in [0.1, 0.15) is 0 Å². The summed E-state index contributed by atoms with van der Waals surface area (Å²) in [5.74, 6) is 0.0828. The SMILES string of the molecule is C=CCNC(=O)CSc1nc2sccc2c(=O)n1CC=C. The van der Waals surface area contributed by atoms with Gasteiger partial charge in [0, 0.05) is 13.1 Å². The van der Waals surface area contributed by atoms with E-state index in [2.05, 4.69) is 23.5 Å². The number of nitrogens with zero attached hydrogens (tertiary/aromatic N) is 2. The molecule has 0 bridgehead atoms. The Balaban J connectivity index is 2.26. The van der Waals surface area contributed by atoms with E-state index in [0.29, 0.717) is 28.5 Å². The van der Waals surface area contributed by atoms with Crippen molar-refractivity contribution in [2.45, 2.75) is 11.7 Å². The lowest BCUT2D eigenvalue weighted by Gasteiger charge is -2.09. The van der Waals surface area contributed by atoms with E-state index in [1.807, 2.05) is 5.38 Å². The maximum atomic E-state index is 12.4. The van der Waals surface area contributed by atoms with Crippen LogP contribution in [0.15, 0.2) is 46.7 Å². The van der Waals surface area contributed by atoms with Crippen LogP contribution < -0.4 is 10.9 Å². The molecule has 0 radical (unpaired) electrons. The Morgan fingerprint density at radius 2 is 2.29 bits per heavy atom. The number of aromatic nitrogens is 2. The number of nitrogens with one attached hydrogen (secondary N) is 1. The maximum absolute atomic E-state index is 12.4. The molecule has 110 valence electrons. The van der Waals surface area contributed by atoms with Crippen molar-refractivity contribution in [3.8, 4) is 0 Å². The average molecular weight is 321 g/mol. The highest BCUT2D eigenvalue weighted by Gasteiger charge is 2.13. The third-order valence-electron chi connectivity index (χ3n) is 2.64. The molecule has 1 amide bonds. The summed E-state index contributed by atoms with van der Waals surface area (Å²) in [4.78, 5) is 29.2. The first kappa shape index (κ1) is 15.5. The van der Waals surface area contributed by atoms with Crippen LogP contribution in [0.5, 0.6) is 0 Å². The lowest BCUT2D eigenvalue weighted by molar-refractivity contribution is -0.118. The standard InChI is InChI=1S/C14H15N3O2S2/c1-3-6-15-11(18)9-21-14-16-12-10(5-8-20-12)13(19)17(14)7-4-2/h3-5,8H,1-2,6-7,9H2,(H,15,18). The lowest BCUT2D eigenvalue weighted by Crippen LogP contribution is -2.26. The molecule has 0 atom stereocenters. The van der Waals surface area contributed by atoms with E-state index < -0.39 is 0 Å². The van der Waals surface area contributed by atoms with Gasteiger partial charge in [0.05, 0.1) is 11.1 Å². The first-order chi connectivity index (χ1) is 10.2. The summed E-state index contributed by atoms with van der Waals surface area (Å²) < 4.78 is 1.54. The predicted molar refractivity (Wildman–Crippen MR) is 88.0 cm³/mol. The number of thiophene rings is 1. The first-order valence-electron chi connectivity index (χ1n) is 6.26. The van der Waals surface area contributed by atoms with Gasteiger partial charge in [0.2, 0.25) is 5.91 Å². The number of allylic oxidation sites excluding steroid dienone is 1. The Kier molecular flexibility index (Phi) is 5.35. The zero-order valence-electron chi connectivity index (χ0n) is 11.4. The maximum Gasteiger partial charge on any atom is 0.263 e. The second-order valence-electron chi connectivity index (χ2n) is 4.12. The fraction of sp³-hybridized carbons (Fsp3) is 0.214. The molecular formula is C14H15N3O2S2. The van der Waals surface area contributed by atoms with Gasteiger partial charge in [-0.2, -0.15) is 0 Å². The summed E-state index contributed by atoms with van der Waals surface area (Å²) in [6.45, 7) is 7.99. The van der Waals surface area contributed by atoms with Crippen molar-refractivity contribution in [3.05, 3.63) is 47.1 Å². The number of amides is 1. The fourth-order valence-electron chi connectivity index (χ4n) is 1.70. The average Bonchev–Trinajstić information content (AvgIpc) is 2.95. The second kappa shape index (κ2) is 7.24. The highest BCUT2D eigenvalue weighted by molar-refractivity contribution is 7.99. The van der Waals surface area contributed by atoms with Crippen molar-refractivity contribution in [1.82, 2.24) is 14.9 Å². The molecule has 0 aromatic carbocycles. The molecule has 1 N–H and O–H groups in total. The van der Waals surface area contributed by atoms with Crippen molar-refractivity contribution in [1.29, 1.82) is 0 Å². The number of hydrogen-bond acceptors (Lipinski definition) is 5. The Bertz CT molecular complexity index is 733. The van der Waals surface area contributed by atoms with Crippen molar-refractivity contribution in [2.24, 2.45) is 0 Å². The molecule has 0 aliphatic heterocycles. The Hall–Kier alpha value is -1.86. The largest absolute Gasteiger partial charge is 0.352 e. The van der Waals surface area contributed by atoms with Gasteiger partial charge in [0.15, 0.2) is 5.16 Å². The van der Waals surface area contributed by atoms with Gasteiger partial charge in [-0.1, -0.05) is 23.9 Å². The van der Waals surface area contributed by atoms with Crippen LogP contribution in [-0.2, 0) is 11.3 Å². The predicted octanol–water partition coefficient (Wildman–Crippen LogP) is 2.04. The molecule has 0 spiro atoms. The van der Waals surface area contributed by atoms with Gasteiger partial charge >= 0.3 is 0 Å². The summed E-state index contributed by atoms with van der Waals surface area (Å²) in [5, 5.41) is 5.66. The highest BCUT2D eigenvalue weighted by Crippen LogP contribution is 2.21. The zero-order chi connectivity index (χ0) is 15.2. The Morgan fingerprint density at radius 1 is 1.48 bits per heavy atom. The van der Waals surface area contributed by atoms with Crippen LogP contribution in [0.4, 0.5) is 0 Å². The Morgan fingerprint density at radius 3 is 3.00 bits per heavy atom. The number of carbonyl (C=O) groups is 1. The van der Waals surface area contributed by atoms with E-state index in [4.69, 9.17) is 0 Å². The number of fused-ring (bicyclic) bond motifs is 1. The molecular weight excluding hydrogens is 306 g/mol. The smallest absolute Gasteiger partial charge is 0.263 e. The van der Waals surface area contributed by atoms with Crippen molar-refractivity contribution in [2.75, 3.05) is 12.3 Å². The first-order valence-corrected chi connectivity index (χ1v) is 8.13. The summed E-state index contributed by atoms with van der Waals surface area (Å²) in [7, 11) is 0. The molecule has 0 saturated heterocycles. The van der Waals surface area contributed by atoms with E-state index in [1.165, 1.54) is 27.7 Å². The molecule has 2 rings (SSSR count). The van der Waals surface area contributed by atoms with Crippen LogP contribution in [0.3, 0.4) is 0 Å². The lowest BCUT2D eigenvalue weighted by atomic mass is 10.4. The van der Waals surface area contributed by atoms with E-state index in [1.54, 1.807) is 18.2 Å². The van der Waals surface area contributed by atoms with Gasteiger partial charge in [-0.3, -0.25) is 14.2 Å². The summed E-state index contributed by atoms with van der Waals surface area (Å²) >= 11 is 2.66. The van der Waals surface area contributed by atoms with Crippen molar-refractivity contribution < 1.29 is 4.79 Å². The highest BCUT2D eigenvalue weighted by atomic mass is 32.2. The quantitative estimate of drug-likeness (QED) is 0.481. The normalized spacial score (nSPS) is 10.5. The molecule has 21 heavy (non-hydrogen) atoms. The molecule has 5 nitrogen and oxygen atoms in total. The fourth-order valence-corrected chi connectivity index (χ4v) is 3.34. The molecule has 0 aliphatic rings. The van der Waals surface area contributed by atoms with E-state index in [9.17, 15) is 9.59 Å². The molecule has 2 aromatic rings. The van der Waals surface area contributed by atoms with Gasteiger partial charge in [-0.05, 0) is 11.4 Å². The van der Waals surface area contributed by atoms with Gasteiger partial charge in [-0.15, -0.1) is 24.5 Å². The zero-order valence-corrected chi connectivity index (χ0v) is 13.0. The summed E-state index contributed by atoms with van der Waals surface area (Å²) in [5.41, 5.74) is -0.102. The number of hydrogen-bond donors (Lipinski definition) is 1. The van der Waals surface area contributed by atoms with Gasteiger partial charge < -0.3 is 5.32 Å². The van der Waals surface area contributed by atoms with Crippen molar-refractivity contribution >= 4 is 39.2 Å². The second-order valence-corrected chi connectivity index (χ2v) is 5.96. The van der Waals surface area contributed by atoms with E-state index >= 15 is 0 Å². The van der Waals surface area contributed by atoms with Crippen molar-refractivity contribution in [3.63, 3.8) is 0 Å². The van der Waals surface area contributed by atoms with Crippen LogP contribution in [0.2, 0.25) is 0 Å². The Labute approximate surface area is 130 Å². The van der Waals surface area contributed by atoms with Crippen LogP contribution in [0.25, 0.3) is 10.2 Å². The van der Waals surface area contributed by atoms with Crippen LogP contribution >= 0.6 is 23.1 Å². The third-order valence-corrected chi connectivity index (χ3v) is 4.42. The summed E-state index contributed by atoms with van der Waals surface area (Å²) in [6, 6.07) is 1.76. The van der Waals surface area contributed by atoms with Gasteiger partial charge in [-0.25, -0.2) is 4.98 Å². The summed E-state index contributed by atoms with van der Waals surface area (Å²) in [6.07, 6.45) is 3.26. The number of rotatable bonds is 7. The number of carbonyl (C=O) groups excluding carboxylic acids is 1. The molecule has 7 heteroatoms. The van der Waals surface area contributed by atoms with E-state index in [-0.39, 0.29) is 17.2 Å². The van der Waals surface area contributed by atoms with Gasteiger partial charge in [0.25, 0.3) is 5.56 Å². The minimum absolute atomic E-state index is 0.102. The van der Waals surface area contributed by atoms with Crippen LogP contribution in [0, 0.1) is 0 Å². The van der Waals surface area contributed by atoms with Crippen LogP contribution in [-0.4, -0.2) is 27.8 Å². The van der Waals surface area contributed by atoms with Gasteiger partial charge in [0.1, 0.15) is 4.83 Å². The minimum atomic E-state index is -0.120. The third kappa shape index (κ3) is 3.62. The number of thioether (sulfide) groups is 1. The molecule has 2 aromatic heterocycles. The van der Waals surface area contributed by atoms with E-state index in [0.717, 1.165) is 0 Å². The topological polar surface area (TPSA) is 64.0 Å². The molecule has 0 aliphatic carbocycles. The minimum Gasteiger partial charge on any atom is -0.352 e. The molecule has 0 fully saturated rings. The molecule has 0 unspecified atom stereocenters. The molecule has 2 heterocycles.